The number of hydrogen-bond donors (Lipinski definition) is 1. The Kier molecular flexibility index (Phi) is 5.52. The van der Waals surface area contributed by atoms with Crippen molar-refractivity contribution in [3.05, 3.63) is 29.0 Å². The second-order valence-electron chi connectivity index (χ2n) is 6.14. The second kappa shape index (κ2) is 7.81. The maximum Gasteiger partial charge on any atom is 0.263 e. The molecule has 3 rings (SSSR count). The standard InChI is InChI=1S/C17H23N5OS/c1-12-6-3-4-10-22(12)11-9-20-16(23)14-13(2)21-17(24-14)15-18-7-5-8-19-15/h5,7-8,12H,3-4,6,9-11H2,1-2H3,(H,20,23)/t12-/m1/s1. The first-order chi connectivity index (χ1) is 11.6. The van der Waals surface area contributed by atoms with Crippen LogP contribution in [-0.2, 0) is 0 Å². The average Bonchev–Trinajstić information content (AvgIpc) is 2.99. The van der Waals surface area contributed by atoms with Crippen LogP contribution in [0.2, 0.25) is 0 Å². The molecule has 1 aliphatic rings. The third-order valence-corrected chi connectivity index (χ3v) is 5.54. The minimum atomic E-state index is -0.0585. The molecule has 0 bridgehead atoms. The van der Waals surface area contributed by atoms with Crippen LogP contribution >= 0.6 is 11.3 Å². The SMILES string of the molecule is Cc1nc(-c2ncccn2)sc1C(=O)NCCN1CCCC[C@H]1C. The van der Waals surface area contributed by atoms with Crippen LogP contribution < -0.4 is 5.32 Å². The first kappa shape index (κ1) is 17.0. The van der Waals surface area contributed by atoms with Crippen molar-refractivity contribution in [1.82, 2.24) is 25.2 Å². The number of hydrogen-bond acceptors (Lipinski definition) is 6. The molecule has 1 saturated heterocycles. The monoisotopic (exact) mass is 345 g/mol. The van der Waals surface area contributed by atoms with Crippen LogP contribution in [0.3, 0.4) is 0 Å². The van der Waals surface area contributed by atoms with Gasteiger partial charge in [-0.1, -0.05) is 6.42 Å². The van der Waals surface area contributed by atoms with E-state index < -0.39 is 0 Å². The summed E-state index contributed by atoms with van der Waals surface area (Å²) in [6.45, 7) is 6.81. The van der Waals surface area contributed by atoms with Gasteiger partial charge in [-0.2, -0.15) is 0 Å². The molecule has 0 radical (unpaired) electrons. The second-order valence-corrected chi connectivity index (χ2v) is 7.14. The largest absolute Gasteiger partial charge is 0.350 e. The van der Waals surface area contributed by atoms with Crippen LogP contribution in [0.5, 0.6) is 0 Å². The minimum absolute atomic E-state index is 0.0585. The Bertz CT molecular complexity index is 688. The van der Waals surface area contributed by atoms with E-state index in [0.717, 1.165) is 18.8 Å². The van der Waals surface area contributed by atoms with Crippen LogP contribution in [0.25, 0.3) is 10.8 Å². The Morgan fingerprint density at radius 2 is 2.17 bits per heavy atom. The molecule has 0 spiro atoms. The van der Waals surface area contributed by atoms with Gasteiger partial charge in [0.15, 0.2) is 10.8 Å². The number of thiazole rings is 1. The molecule has 1 N–H and O–H groups in total. The van der Waals surface area contributed by atoms with Crippen LogP contribution in [0.15, 0.2) is 18.5 Å². The maximum absolute atomic E-state index is 12.4. The van der Waals surface area contributed by atoms with Gasteiger partial charge in [0.25, 0.3) is 5.91 Å². The molecule has 2 aromatic heterocycles. The summed E-state index contributed by atoms with van der Waals surface area (Å²) in [5, 5.41) is 3.70. The van der Waals surface area contributed by atoms with Crippen molar-refractivity contribution < 1.29 is 4.79 Å². The molecule has 1 amide bonds. The van der Waals surface area contributed by atoms with Crippen LogP contribution in [0.4, 0.5) is 0 Å². The molecule has 0 unspecified atom stereocenters. The highest BCUT2D eigenvalue weighted by atomic mass is 32.1. The van der Waals surface area contributed by atoms with Crippen LogP contribution in [-0.4, -0.2) is 51.4 Å². The van der Waals surface area contributed by atoms with E-state index in [1.807, 2.05) is 6.92 Å². The third kappa shape index (κ3) is 3.96. The molecule has 24 heavy (non-hydrogen) atoms. The van der Waals surface area contributed by atoms with Gasteiger partial charge in [-0.3, -0.25) is 9.69 Å². The van der Waals surface area contributed by atoms with E-state index in [9.17, 15) is 4.79 Å². The zero-order chi connectivity index (χ0) is 16.9. The van der Waals surface area contributed by atoms with Gasteiger partial charge in [-0.25, -0.2) is 15.0 Å². The van der Waals surface area contributed by atoms with Gasteiger partial charge in [0.2, 0.25) is 0 Å². The van der Waals surface area contributed by atoms with E-state index in [-0.39, 0.29) is 5.91 Å². The zero-order valence-corrected chi connectivity index (χ0v) is 15.0. The Morgan fingerprint density at radius 1 is 1.38 bits per heavy atom. The predicted molar refractivity (Wildman–Crippen MR) is 95.1 cm³/mol. The van der Waals surface area contributed by atoms with Gasteiger partial charge in [0.05, 0.1) is 5.69 Å². The van der Waals surface area contributed by atoms with Gasteiger partial charge in [-0.05, 0) is 39.3 Å². The molecular formula is C17H23N5OS. The fourth-order valence-corrected chi connectivity index (χ4v) is 3.93. The number of carbonyl (C=O) groups excluding carboxylic acids is 1. The van der Waals surface area contributed by atoms with Gasteiger partial charge < -0.3 is 5.32 Å². The van der Waals surface area contributed by atoms with Gasteiger partial charge >= 0.3 is 0 Å². The van der Waals surface area contributed by atoms with Crippen molar-refractivity contribution in [3.63, 3.8) is 0 Å². The number of nitrogens with one attached hydrogen (secondary N) is 1. The lowest BCUT2D eigenvalue weighted by molar-refractivity contribution is 0.0941. The number of aromatic nitrogens is 3. The molecule has 0 aromatic carbocycles. The van der Waals surface area contributed by atoms with E-state index >= 15 is 0 Å². The molecule has 1 aliphatic heterocycles. The molecule has 6 nitrogen and oxygen atoms in total. The first-order valence-electron chi connectivity index (χ1n) is 8.42. The van der Waals surface area contributed by atoms with E-state index in [1.54, 1.807) is 18.5 Å². The number of nitrogens with zero attached hydrogens (tertiary/aromatic N) is 4. The van der Waals surface area contributed by atoms with Crippen molar-refractivity contribution in [2.75, 3.05) is 19.6 Å². The van der Waals surface area contributed by atoms with Crippen molar-refractivity contribution in [2.24, 2.45) is 0 Å². The molecule has 0 aliphatic carbocycles. The smallest absolute Gasteiger partial charge is 0.263 e. The fraction of sp³-hybridized carbons (Fsp3) is 0.529. The summed E-state index contributed by atoms with van der Waals surface area (Å²) in [7, 11) is 0. The Balaban J connectivity index is 1.58. The van der Waals surface area contributed by atoms with Crippen molar-refractivity contribution in [3.8, 4) is 10.8 Å². The Hall–Kier alpha value is -1.86. The minimum Gasteiger partial charge on any atom is -0.350 e. The Morgan fingerprint density at radius 3 is 2.92 bits per heavy atom. The van der Waals surface area contributed by atoms with Crippen molar-refractivity contribution in [1.29, 1.82) is 0 Å². The molecule has 7 heteroatoms. The number of piperidine rings is 1. The Labute approximate surface area is 146 Å². The first-order valence-corrected chi connectivity index (χ1v) is 9.24. The summed E-state index contributed by atoms with van der Waals surface area (Å²) < 4.78 is 0. The average molecular weight is 345 g/mol. The van der Waals surface area contributed by atoms with Crippen LogP contribution in [0, 0.1) is 6.92 Å². The molecule has 1 atom stereocenters. The molecule has 128 valence electrons. The van der Waals surface area contributed by atoms with Gasteiger partial charge in [0.1, 0.15) is 4.88 Å². The van der Waals surface area contributed by atoms with Crippen molar-refractivity contribution >= 4 is 17.2 Å². The zero-order valence-electron chi connectivity index (χ0n) is 14.2. The van der Waals surface area contributed by atoms with E-state index in [4.69, 9.17) is 0 Å². The highest BCUT2D eigenvalue weighted by molar-refractivity contribution is 7.17. The number of likely N-dealkylation sites (tertiary alicyclic amines) is 1. The molecule has 3 heterocycles. The third-order valence-electron chi connectivity index (χ3n) is 4.39. The number of carbonyl (C=O) groups is 1. The summed E-state index contributed by atoms with van der Waals surface area (Å²) in [4.78, 5) is 28.3. The van der Waals surface area contributed by atoms with Crippen LogP contribution in [0.1, 0.15) is 41.6 Å². The normalized spacial score (nSPS) is 18.5. The summed E-state index contributed by atoms with van der Waals surface area (Å²) in [6.07, 6.45) is 7.18. The summed E-state index contributed by atoms with van der Waals surface area (Å²) in [6, 6.07) is 2.38. The highest BCUT2D eigenvalue weighted by Gasteiger charge is 2.19. The topological polar surface area (TPSA) is 71.0 Å². The van der Waals surface area contributed by atoms with Crippen molar-refractivity contribution in [2.45, 2.75) is 39.2 Å². The van der Waals surface area contributed by atoms with E-state index in [2.05, 4.69) is 32.1 Å². The lowest BCUT2D eigenvalue weighted by atomic mass is 10.0. The maximum atomic E-state index is 12.4. The predicted octanol–water partition coefficient (Wildman–Crippen LogP) is 2.51. The van der Waals surface area contributed by atoms with Gasteiger partial charge in [-0.15, -0.1) is 11.3 Å². The van der Waals surface area contributed by atoms with E-state index in [0.29, 0.717) is 28.3 Å². The van der Waals surface area contributed by atoms with E-state index in [1.165, 1.54) is 30.6 Å². The fourth-order valence-electron chi connectivity index (χ4n) is 3.00. The molecule has 1 fully saturated rings. The quantitative estimate of drug-likeness (QED) is 0.901. The van der Waals surface area contributed by atoms with Gasteiger partial charge in [0, 0.05) is 31.5 Å². The molecule has 0 saturated carbocycles. The lowest BCUT2D eigenvalue weighted by Gasteiger charge is -2.33. The number of amides is 1. The summed E-state index contributed by atoms with van der Waals surface area (Å²) in [5.74, 6) is 0.503. The lowest BCUT2D eigenvalue weighted by Crippen LogP contribution is -2.42. The highest BCUT2D eigenvalue weighted by Crippen LogP contribution is 2.25. The number of rotatable bonds is 5. The summed E-state index contributed by atoms with van der Waals surface area (Å²) in [5.41, 5.74) is 0.728. The summed E-state index contributed by atoms with van der Waals surface area (Å²) >= 11 is 1.35. The molecular weight excluding hydrogens is 322 g/mol. The molecule has 2 aromatic rings. The number of aryl methyl sites for hydroxylation is 1.